The van der Waals surface area contributed by atoms with Crippen molar-refractivity contribution in [2.45, 2.75) is 19.9 Å². The Morgan fingerprint density at radius 3 is 3.00 bits per heavy atom. The van der Waals surface area contributed by atoms with E-state index in [4.69, 9.17) is 11.6 Å². The van der Waals surface area contributed by atoms with Crippen LogP contribution in [0.5, 0.6) is 0 Å². The van der Waals surface area contributed by atoms with Crippen LogP contribution in [0.1, 0.15) is 23.4 Å². The third-order valence-electron chi connectivity index (χ3n) is 4.41. The SMILES string of the molecule is Cc1cc(C2=CCCN(Cc3ccc(Cl)c(P)c3)C2)n2ncnc2n1. The average molecular weight is 372 g/mol. The maximum Gasteiger partial charge on any atom is 0.252 e. The third-order valence-corrected chi connectivity index (χ3v) is 5.41. The Balaban J connectivity index is 1.59. The Labute approximate surface area is 153 Å². The van der Waals surface area contributed by atoms with Crippen LogP contribution < -0.4 is 5.30 Å². The predicted octanol–water partition coefficient (Wildman–Crippen LogP) is 2.88. The lowest BCUT2D eigenvalue weighted by Crippen LogP contribution is -2.29. The van der Waals surface area contributed by atoms with Crippen molar-refractivity contribution >= 4 is 37.5 Å². The number of nitrogens with zero attached hydrogens (tertiary/aromatic N) is 5. The van der Waals surface area contributed by atoms with Gasteiger partial charge >= 0.3 is 0 Å². The molecule has 0 fully saturated rings. The summed E-state index contributed by atoms with van der Waals surface area (Å²) in [4.78, 5) is 11.1. The molecule has 1 aliphatic heterocycles. The highest BCUT2D eigenvalue weighted by Crippen LogP contribution is 2.23. The number of hydrogen-bond acceptors (Lipinski definition) is 4. The van der Waals surface area contributed by atoms with E-state index in [0.29, 0.717) is 5.78 Å². The number of benzene rings is 1. The van der Waals surface area contributed by atoms with Crippen molar-refractivity contribution in [1.82, 2.24) is 24.5 Å². The monoisotopic (exact) mass is 371 g/mol. The molecule has 7 heteroatoms. The van der Waals surface area contributed by atoms with E-state index in [1.807, 2.05) is 17.5 Å². The summed E-state index contributed by atoms with van der Waals surface area (Å²) >= 11 is 6.12. The van der Waals surface area contributed by atoms with Gasteiger partial charge in [0.05, 0.1) is 5.69 Å². The van der Waals surface area contributed by atoms with E-state index in [-0.39, 0.29) is 0 Å². The Bertz CT molecular complexity index is 965. The summed E-state index contributed by atoms with van der Waals surface area (Å²) in [5, 5.41) is 6.16. The molecule has 128 valence electrons. The van der Waals surface area contributed by atoms with E-state index in [9.17, 15) is 0 Å². The maximum absolute atomic E-state index is 6.12. The fourth-order valence-electron chi connectivity index (χ4n) is 3.24. The molecule has 2 aromatic heterocycles. The second kappa shape index (κ2) is 6.83. The molecule has 1 aliphatic rings. The normalized spacial score (nSPS) is 15.6. The van der Waals surface area contributed by atoms with Gasteiger partial charge in [-0.3, -0.25) is 4.90 Å². The van der Waals surface area contributed by atoms with Crippen LogP contribution in [-0.4, -0.2) is 37.6 Å². The summed E-state index contributed by atoms with van der Waals surface area (Å²) in [6, 6.07) is 8.28. The van der Waals surface area contributed by atoms with Gasteiger partial charge in [-0.1, -0.05) is 23.7 Å². The zero-order valence-electron chi connectivity index (χ0n) is 14.0. The van der Waals surface area contributed by atoms with Crippen LogP contribution in [0.15, 0.2) is 36.7 Å². The molecule has 0 radical (unpaired) electrons. The molecule has 0 bridgehead atoms. The topological polar surface area (TPSA) is 46.3 Å². The largest absolute Gasteiger partial charge is 0.294 e. The minimum atomic E-state index is 0.651. The Hall–Kier alpha value is -1.81. The van der Waals surface area contributed by atoms with Gasteiger partial charge in [-0.2, -0.15) is 14.6 Å². The first-order chi connectivity index (χ1) is 12.1. The quantitative estimate of drug-likeness (QED) is 0.664. The molecular weight excluding hydrogens is 353 g/mol. The van der Waals surface area contributed by atoms with Crippen LogP contribution in [0.25, 0.3) is 11.4 Å². The predicted molar refractivity (Wildman–Crippen MR) is 104 cm³/mol. The highest BCUT2D eigenvalue weighted by molar-refractivity contribution is 7.28. The minimum Gasteiger partial charge on any atom is -0.294 e. The van der Waals surface area contributed by atoms with E-state index in [2.05, 4.69) is 53.5 Å². The van der Waals surface area contributed by atoms with E-state index in [0.717, 1.165) is 47.8 Å². The second-order valence-electron chi connectivity index (χ2n) is 6.34. The van der Waals surface area contributed by atoms with E-state index < -0.39 is 0 Å². The molecule has 1 unspecified atom stereocenters. The highest BCUT2D eigenvalue weighted by Gasteiger charge is 2.18. The van der Waals surface area contributed by atoms with Gasteiger partial charge in [-0.05, 0) is 48.0 Å². The first kappa shape index (κ1) is 16.6. The van der Waals surface area contributed by atoms with Crippen LogP contribution in [0.2, 0.25) is 5.02 Å². The minimum absolute atomic E-state index is 0.651. The molecule has 5 nitrogen and oxygen atoms in total. The number of fused-ring (bicyclic) bond motifs is 1. The van der Waals surface area contributed by atoms with Crippen molar-refractivity contribution in [2.24, 2.45) is 0 Å². The van der Waals surface area contributed by atoms with Gasteiger partial charge in [0, 0.05) is 30.4 Å². The molecule has 0 saturated carbocycles. The molecule has 0 saturated heterocycles. The van der Waals surface area contributed by atoms with Gasteiger partial charge in [-0.25, -0.2) is 4.98 Å². The summed E-state index contributed by atoms with van der Waals surface area (Å²) in [5.74, 6) is 0.651. The van der Waals surface area contributed by atoms with Crippen LogP contribution in [-0.2, 0) is 6.54 Å². The molecule has 3 heterocycles. The van der Waals surface area contributed by atoms with Gasteiger partial charge < -0.3 is 0 Å². The molecule has 1 atom stereocenters. The lowest BCUT2D eigenvalue weighted by atomic mass is 10.0. The van der Waals surface area contributed by atoms with Gasteiger partial charge in [0.2, 0.25) is 0 Å². The van der Waals surface area contributed by atoms with E-state index in [1.165, 1.54) is 11.1 Å². The Morgan fingerprint density at radius 1 is 1.28 bits per heavy atom. The summed E-state index contributed by atoms with van der Waals surface area (Å²) in [6.45, 7) is 4.82. The smallest absolute Gasteiger partial charge is 0.252 e. The lowest BCUT2D eigenvalue weighted by molar-refractivity contribution is 0.296. The maximum atomic E-state index is 6.12. The van der Waals surface area contributed by atoms with Crippen molar-refractivity contribution in [1.29, 1.82) is 0 Å². The molecule has 4 rings (SSSR count). The zero-order chi connectivity index (χ0) is 17.4. The molecule has 0 aliphatic carbocycles. The Kier molecular flexibility index (Phi) is 4.55. The molecule has 1 aromatic carbocycles. The van der Waals surface area contributed by atoms with Crippen molar-refractivity contribution < 1.29 is 0 Å². The highest BCUT2D eigenvalue weighted by atomic mass is 35.5. The molecule has 0 N–H and O–H groups in total. The summed E-state index contributed by atoms with van der Waals surface area (Å²) in [5.41, 5.74) is 4.58. The Morgan fingerprint density at radius 2 is 2.16 bits per heavy atom. The summed E-state index contributed by atoms with van der Waals surface area (Å²) in [7, 11) is 2.70. The molecule has 0 spiro atoms. The number of halogens is 1. The van der Waals surface area contributed by atoms with Crippen LogP contribution in [0.3, 0.4) is 0 Å². The van der Waals surface area contributed by atoms with Crippen LogP contribution in [0.4, 0.5) is 0 Å². The number of aryl methyl sites for hydroxylation is 1. The second-order valence-corrected chi connectivity index (χ2v) is 7.37. The number of rotatable bonds is 3. The van der Waals surface area contributed by atoms with Crippen molar-refractivity contribution in [3.63, 3.8) is 0 Å². The molecule has 25 heavy (non-hydrogen) atoms. The van der Waals surface area contributed by atoms with Crippen molar-refractivity contribution in [3.05, 3.63) is 58.6 Å². The van der Waals surface area contributed by atoms with Gasteiger partial charge in [0.25, 0.3) is 5.78 Å². The van der Waals surface area contributed by atoms with Gasteiger partial charge in [0.1, 0.15) is 6.33 Å². The average Bonchev–Trinajstić information content (AvgIpc) is 3.06. The van der Waals surface area contributed by atoms with Crippen molar-refractivity contribution in [3.8, 4) is 0 Å². The first-order valence-electron chi connectivity index (χ1n) is 8.23. The van der Waals surface area contributed by atoms with E-state index in [1.54, 1.807) is 6.33 Å². The fraction of sp³-hybridized carbons (Fsp3) is 0.278. The van der Waals surface area contributed by atoms with Crippen LogP contribution >= 0.6 is 20.8 Å². The van der Waals surface area contributed by atoms with Gasteiger partial charge in [0.15, 0.2) is 0 Å². The first-order valence-corrected chi connectivity index (χ1v) is 9.19. The van der Waals surface area contributed by atoms with Gasteiger partial charge in [-0.15, -0.1) is 9.24 Å². The number of hydrogen-bond donors (Lipinski definition) is 0. The molecular formula is C18H19ClN5P. The molecule has 0 amide bonds. The molecule has 3 aromatic rings. The zero-order valence-corrected chi connectivity index (χ0v) is 15.9. The standard InChI is InChI=1S/C18H19ClN5P/c1-12-7-16(24-18(22-12)20-11-21-24)14-3-2-6-23(10-14)9-13-4-5-15(19)17(25)8-13/h3-5,7-8,11H,2,6,9-10,25H2,1H3. The van der Waals surface area contributed by atoms with E-state index >= 15 is 0 Å². The van der Waals surface area contributed by atoms with Crippen molar-refractivity contribution in [2.75, 3.05) is 13.1 Å². The summed E-state index contributed by atoms with van der Waals surface area (Å²) < 4.78 is 1.82. The number of aromatic nitrogens is 4. The lowest BCUT2D eigenvalue weighted by Gasteiger charge is -2.27. The van der Waals surface area contributed by atoms with Crippen LogP contribution in [0, 0.1) is 6.92 Å². The summed E-state index contributed by atoms with van der Waals surface area (Å²) in [6.07, 6.45) is 4.88. The fourth-order valence-corrected chi connectivity index (χ4v) is 3.66. The third kappa shape index (κ3) is 3.45.